The molecule has 0 aliphatic carbocycles. The van der Waals surface area contributed by atoms with E-state index in [2.05, 4.69) is 31.2 Å². The van der Waals surface area contributed by atoms with Gasteiger partial charge < -0.3 is 10.3 Å². The number of amides is 1. The van der Waals surface area contributed by atoms with Gasteiger partial charge in [0.1, 0.15) is 0 Å². The van der Waals surface area contributed by atoms with Crippen molar-refractivity contribution in [1.82, 2.24) is 9.97 Å². The lowest BCUT2D eigenvalue weighted by atomic mass is 10.1. The highest BCUT2D eigenvalue weighted by Crippen LogP contribution is 2.25. The molecule has 0 spiro atoms. The third kappa shape index (κ3) is 2.42. The normalized spacial score (nSPS) is 10.7. The number of anilines is 1. The number of nitrogens with one attached hydrogen (secondary N) is 2. The summed E-state index contributed by atoms with van der Waals surface area (Å²) in [4.78, 5) is 19.4. The third-order valence-electron chi connectivity index (χ3n) is 2.89. The maximum absolute atomic E-state index is 12.4. The standard InChI is InChI=1S/C14H9BrClN3O/c15-8-6-12(13(16)18-7-8)19-14(20)10-2-1-3-11-9(10)4-5-17-11/h1-7,17H,(H,19,20). The summed E-state index contributed by atoms with van der Waals surface area (Å²) in [6, 6.07) is 9.09. The summed E-state index contributed by atoms with van der Waals surface area (Å²) in [5, 5.41) is 3.89. The van der Waals surface area contributed by atoms with Crippen molar-refractivity contribution in [2.45, 2.75) is 0 Å². The van der Waals surface area contributed by atoms with Gasteiger partial charge in [-0.25, -0.2) is 4.98 Å². The average molecular weight is 351 g/mol. The lowest BCUT2D eigenvalue weighted by molar-refractivity contribution is 0.102. The van der Waals surface area contributed by atoms with Gasteiger partial charge in [-0.15, -0.1) is 0 Å². The molecule has 0 aliphatic rings. The highest BCUT2D eigenvalue weighted by Gasteiger charge is 2.12. The second kappa shape index (κ2) is 5.26. The van der Waals surface area contributed by atoms with Crippen molar-refractivity contribution in [1.29, 1.82) is 0 Å². The Morgan fingerprint density at radius 1 is 1.35 bits per heavy atom. The molecule has 0 radical (unpaired) electrons. The second-order valence-electron chi connectivity index (χ2n) is 4.19. The molecule has 0 aliphatic heterocycles. The van der Waals surface area contributed by atoms with Gasteiger partial charge in [-0.3, -0.25) is 4.79 Å². The number of benzene rings is 1. The Morgan fingerprint density at radius 2 is 2.20 bits per heavy atom. The number of nitrogens with zero attached hydrogens (tertiary/aromatic N) is 1. The van der Waals surface area contributed by atoms with E-state index in [0.29, 0.717) is 11.3 Å². The molecule has 2 N–H and O–H groups in total. The van der Waals surface area contributed by atoms with E-state index in [0.717, 1.165) is 15.4 Å². The van der Waals surface area contributed by atoms with Crippen LogP contribution in [0.5, 0.6) is 0 Å². The zero-order valence-corrected chi connectivity index (χ0v) is 12.5. The molecule has 1 aromatic carbocycles. The zero-order chi connectivity index (χ0) is 14.1. The van der Waals surface area contributed by atoms with Crippen LogP contribution in [0.1, 0.15) is 10.4 Å². The molecular formula is C14H9BrClN3O. The monoisotopic (exact) mass is 349 g/mol. The summed E-state index contributed by atoms with van der Waals surface area (Å²) in [6.07, 6.45) is 3.37. The Morgan fingerprint density at radius 3 is 3.05 bits per heavy atom. The van der Waals surface area contributed by atoms with Crippen molar-refractivity contribution < 1.29 is 4.79 Å². The fourth-order valence-electron chi connectivity index (χ4n) is 1.98. The summed E-state index contributed by atoms with van der Waals surface area (Å²) in [5.41, 5.74) is 1.97. The summed E-state index contributed by atoms with van der Waals surface area (Å²) < 4.78 is 0.747. The lowest BCUT2D eigenvalue weighted by Gasteiger charge is -2.08. The number of fused-ring (bicyclic) bond motifs is 1. The fourth-order valence-corrected chi connectivity index (χ4v) is 2.47. The average Bonchev–Trinajstić information content (AvgIpc) is 2.91. The van der Waals surface area contributed by atoms with E-state index in [1.165, 1.54) is 0 Å². The van der Waals surface area contributed by atoms with Crippen LogP contribution in [-0.4, -0.2) is 15.9 Å². The van der Waals surface area contributed by atoms with Crippen molar-refractivity contribution in [3.8, 4) is 0 Å². The van der Waals surface area contributed by atoms with Crippen LogP contribution in [-0.2, 0) is 0 Å². The molecule has 3 aromatic rings. The van der Waals surface area contributed by atoms with Crippen LogP contribution in [0.15, 0.2) is 47.2 Å². The topological polar surface area (TPSA) is 57.8 Å². The largest absolute Gasteiger partial charge is 0.361 e. The minimum Gasteiger partial charge on any atom is -0.361 e. The third-order valence-corrected chi connectivity index (χ3v) is 3.63. The van der Waals surface area contributed by atoms with E-state index in [9.17, 15) is 4.79 Å². The number of halogens is 2. The minimum absolute atomic E-state index is 0.225. The summed E-state index contributed by atoms with van der Waals surface area (Å²) in [7, 11) is 0. The highest BCUT2D eigenvalue weighted by molar-refractivity contribution is 9.10. The van der Waals surface area contributed by atoms with Crippen LogP contribution in [0.4, 0.5) is 5.69 Å². The van der Waals surface area contributed by atoms with Crippen LogP contribution in [0.3, 0.4) is 0 Å². The maximum atomic E-state index is 12.4. The first kappa shape index (κ1) is 13.1. The number of H-pyrrole nitrogens is 1. The Kier molecular flexibility index (Phi) is 3.46. The fraction of sp³-hybridized carbons (Fsp3) is 0. The summed E-state index contributed by atoms with van der Waals surface area (Å²) in [5.74, 6) is -0.225. The van der Waals surface area contributed by atoms with Gasteiger partial charge in [-0.2, -0.15) is 0 Å². The predicted molar refractivity (Wildman–Crippen MR) is 83.2 cm³/mol. The molecule has 100 valence electrons. The van der Waals surface area contributed by atoms with Crippen molar-refractivity contribution in [3.05, 3.63) is 57.9 Å². The van der Waals surface area contributed by atoms with Gasteiger partial charge in [0.2, 0.25) is 0 Å². The number of aromatic nitrogens is 2. The Balaban J connectivity index is 1.97. The van der Waals surface area contributed by atoms with Crippen molar-refractivity contribution in [2.75, 3.05) is 5.32 Å². The van der Waals surface area contributed by atoms with Gasteiger partial charge in [0.15, 0.2) is 5.15 Å². The van der Waals surface area contributed by atoms with E-state index < -0.39 is 0 Å². The molecule has 0 atom stereocenters. The first-order chi connectivity index (χ1) is 9.65. The van der Waals surface area contributed by atoms with E-state index in [1.54, 1.807) is 24.5 Å². The lowest BCUT2D eigenvalue weighted by Crippen LogP contribution is -2.12. The first-order valence-corrected chi connectivity index (χ1v) is 7.01. The van der Waals surface area contributed by atoms with E-state index in [4.69, 9.17) is 11.6 Å². The van der Waals surface area contributed by atoms with Crippen LogP contribution >= 0.6 is 27.5 Å². The molecule has 20 heavy (non-hydrogen) atoms. The molecule has 3 rings (SSSR count). The summed E-state index contributed by atoms with van der Waals surface area (Å²) in [6.45, 7) is 0. The molecule has 2 aromatic heterocycles. The summed E-state index contributed by atoms with van der Waals surface area (Å²) >= 11 is 9.27. The predicted octanol–water partition coefficient (Wildman–Crippen LogP) is 4.23. The second-order valence-corrected chi connectivity index (χ2v) is 5.46. The quantitative estimate of drug-likeness (QED) is 0.679. The number of hydrogen-bond donors (Lipinski definition) is 2. The van der Waals surface area contributed by atoms with Gasteiger partial charge in [-0.1, -0.05) is 17.7 Å². The van der Waals surface area contributed by atoms with Crippen molar-refractivity contribution >= 4 is 50.0 Å². The molecule has 0 bridgehead atoms. The Bertz CT molecular complexity index is 800. The molecular weight excluding hydrogens is 342 g/mol. The van der Waals surface area contributed by atoms with E-state index >= 15 is 0 Å². The Hall–Kier alpha value is -1.85. The van der Waals surface area contributed by atoms with Crippen LogP contribution in [0.25, 0.3) is 10.9 Å². The number of aromatic amines is 1. The molecule has 2 heterocycles. The van der Waals surface area contributed by atoms with Crippen LogP contribution < -0.4 is 5.32 Å². The molecule has 4 nitrogen and oxygen atoms in total. The number of carbonyl (C=O) groups excluding carboxylic acids is 1. The highest BCUT2D eigenvalue weighted by atomic mass is 79.9. The van der Waals surface area contributed by atoms with Gasteiger partial charge in [0, 0.05) is 33.3 Å². The Labute approximate surface area is 128 Å². The van der Waals surface area contributed by atoms with Gasteiger partial charge in [-0.05, 0) is 40.2 Å². The SMILES string of the molecule is O=C(Nc1cc(Br)cnc1Cl)c1cccc2[nH]ccc12. The van der Waals surface area contributed by atoms with Gasteiger partial charge in [0.25, 0.3) is 5.91 Å². The molecule has 1 amide bonds. The van der Waals surface area contributed by atoms with E-state index in [1.807, 2.05) is 18.2 Å². The number of rotatable bonds is 2. The van der Waals surface area contributed by atoms with Crippen molar-refractivity contribution in [2.24, 2.45) is 0 Å². The first-order valence-electron chi connectivity index (χ1n) is 5.83. The number of carbonyl (C=O) groups is 1. The van der Waals surface area contributed by atoms with Crippen LogP contribution in [0.2, 0.25) is 5.15 Å². The molecule has 0 fully saturated rings. The molecule has 6 heteroatoms. The number of pyridine rings is 1. The molecule has 0 saturated heterocycles. The van der Waals surface area contributed by atoms with Gasteiger partial charge >= 0.3 is 0 Å². The molecule has 0 unspecified atom stereocenters. The van der Waals surface area contributed by atoms with Gasteiger partial charge in [0.05, 0.1) is 5.69 Å². The maximum Gasteiger partial charge on any atom is 0.256 e. The van der Waals surface area contributed by atoms with Crippen LogP contribution in [0, 0.1) is 0 Å². The van der Waals surface area contributed by atoms with Crippen molar-refractivity contribution in [3.63, 3.8) is 0 Å². The smallest absolute Gasteiger partial charge is 0.256 e. The minimum atomic E-state index is -0.225. The van der Waals surface area contributed by atoms with E-state index in [-0.39, 0.29) is 11.1 Å². The molecule has 0 saturated carbocycles. The number of hydrogen-bond acceptors (Lipinski definition) is 2. The zero-order valence-electron chi connectivity index (χ0n) is 10.2.